The van der Waals surface area contributed by atoms with Crippen molar-refractivity contribution in [1.29, 1.82) is 0 Å². The molecule has 0 amide bonds. The van der Waals surface area contributed by atoms with Gasteiger partial charge >= 0.3 is 0 Å². The molecule has 20 heavy (non-hydrogen) atoms. The molecule has 1 heterocycles. The van der Waals surface area contributed by atoms with Crippen LogP contribution in [-0.2, 0) is 5.41 Å². The minimum Gasteiger partial charge on any atom is -0.298 e. The number of rotatable bonds is 3. The molecule has 1 aromatic heterocycles. The fourth-order valence-corrected chi connectivity index (χ4v) is 3.20. The average Bonchev–Trinajstić information content (AvgIpc) is 2.56. The Labute approximate surface area is 119 Å². The monoisotopic (exact) mass is 266 g/mol. The van der Waals surface area contributed by atoms with E-state index < -0.39 is 0 Å². The van der Waals surface area contributed by atoms with Gasteiger partial charge in [0, 0.05) is 12.4 Å². The number of nitrogens with zero attached hydrogens (tertiary/aromatic N) is 2. The van der Waals surface area contributed by atoms with Crippen molar-refractivity contribution >= 4 is 6.29 Å². The maximum Gasteiger partial charge on any atom is 0.153 e. The highest BCUT2D eigenvalue weighted by molar-refractivity contribution is 5.73. The fourth-order valence-electron chi connectivity index (χ4n) is 3.20. The molecule has 1 aliphatic carbocycles. The Balaban J connectivity index is 2.07. The standard InChI is InChI=1S/C17H18N2O/c20-13-14-11-18-16(19-12-14)17(9-5-2-6-10-17)15-7-3-1-4-8-15/h1,3-4,7-8,11-13H,2,5-6,9-10H2. The van der Waals surface area contributed by atoms with Crippen LogP contribution >= 0.6 is 0 Å². The smallest absolute Gasteiger partial charge is 0.153 e. The van der Waals surface area contributed by atoms with E-state index in [1.54, 1.807) is 12.4 Å². The number of carbonyl (C=O) groups excluding carboxylic acids is 1. The lowest BCUT2D eigenvalue weighted by atomic mass is 9.69. The molecule has 0 aliphatic heterocycles. The first-order chi connectivity index (χ1) is 9.85. The van der Waals surface area contributed by atoms with Crippen LogP contribution in [0.5, 0.6) is 0 Å². The lowest BCUT2D eigenvalue weighted by Gasteiger charge is -2.36. The Morgan fingerprint density at radius 3 is 2.20 bits per heavy atom. The van der Waals surface area contributed by atoms with E-state index in [1.807, 2.05) is 6.07 Å². The number of hydrogen-bond donors (Lipinski definition) is 0. The second-order valence-electron chi connectivity index (χ2n) is 5.47. The third kappa shape index (κ3) is 2.24. The van der Waals surface area contributed by atoms with Crippen molar-refractivity contribution in [2.45, 2.75) is 37.5 Å². The summed E-state index contributed by atoms with van der Waals surface area (Å²) in [5.74, 6) is 0.856. The Morgan fingerprint density at radius 2 is 1.60 bits per heavy atom. The van der Waals surface area contributed by atoms with Crippen LogP contribution in [0.4, 0.5) is 0 Å². The Bertz CT molecular complexity index is 572. The molecule has 2 aromatic rings. The summed E-state index contributed by atoms with van der Waals surface area (Å²) in [4.78, 5) is 19.7. The van der Waals surface area contributed by atoms with Crippen LogP contribution in [-0.4, -0.2) is 16.3 Å². The van der Waals surface area contributed by atoms with Crippen molar-refractivity contribution in [3.8, 4) is 0 Å². The summed E-state index contributed by atoms with van der Waals surface area (Å²) < 4.78 is 0. The second kappa shape index (κ2) is 5.53. The lowest BCUT2D eigenvalue weighted by Crippen LogP contribution is -2.32. The van der Waals surface area contributed by atoms with Gasteiger partial charge in [-0.1, -0.05) is 49.6 Å². The Hall–Kier alpha value is -2.03. The third-order valence-electron chi connectivity index (χ3n) is 4.27. The van der Waals surface area contributed by atoms with Crippen molar-refractivity contribution in [3.05, 3.63) is 59.7 Å². The van der Waals surface area contributed by atoms with Crippen molar-refractivity contribution in [3.63, 3.8) is 0 Å². The molecule has 0 radical (unpaired) electrons. The van der Waals surface area contributed by atoms with Gasteiger partial charge in [-0.3, -0.25) is 4.79 Å². The molecule has 0 atom stereocenters. The molecule has 0 saturated heterocycles. The minimum atomic E-state index is -0.0824. The van der Waals surface area contributed by atoms with E-state index in [-0.39, 0.29) is 5.41 Å². The van der Waals surface area contributed by atoms with E-state index in [4.69, 9.17) is 0 Å². The van der Waals surface area contributed by atoms with Gasteiger partial charge < -0.3 is 0 Å². The van der Waals surface area contributed by atoms with Gasteiger partial charge in [0.15, 0.2) is 6.29 Å². The number of benzene rings is 1. The number of hydrogen-bond acceptors (Lipinski definition) is 3. The summed E-state index contributed by atoms with van der Waals surface area (Å²) in [6.07, 6.45) is 9.90. The minimum absolute atomic E-state index is 0.0824. The van der Waals surface area contributed by atoms with E-state index in [9.17, 15) is 4.79 Å². The van der Waals surface area contributed by atoms with E-state index >= 15 is 0 Å². The van der Waals surface area contributed by atoms with Gasteiger partial charge in [-0.25, -0.2) is 9.97 Å². The zero-order valence-electron chi connectivity index (χ0n) is 11.5. The maximum absolute atomic E-state index is 10.8. The molecule has 1 fully saturated rings. The van der Waals surface area contributed by atoms with Crippen LogP contribution in [0.15, 0.2) is 42.7 Å². The Kier molecular flexibility index (Phi) is 3.59. The SMILES string of the molecule is O=Cc1cnc(C2(c3ccccc3)CCCCC2)nc1. The molecule has 0 N–H and O–H groups in total. The number of aldehydes is 1. The first-order valence-corrected chi connectivity index (χ1v) is 7.18. The van der Waals surface area contributed by atoms with E-state index in [2.05, 4.69) is 34.2 Å². The van der Waals surface area contributed by atoms with Crippen LogP contribution in [0, 0.1) is 0 Å². The van der Waals surface area contributed by atoms with Gasteiger partial charge in [-0.2, -0.15) is 0 Å². The van der Waals surface area contributed by atoms with Gasteiger partial charge in [0.2, 0.25) is 0 Å². The second-order valence-corrected chi connectivity index (χ2v) is 5.47. The van der Waals surface area contributed by atoms with Gasteiger partial charge in [0.1, 0.15) is 5.82 Å². The normalized spacial score (nSPS) is 17.6. The highest BCUT2D eigenvalue weighted by Crippen LogP contribution is 2.43. The van der Waals surface area contributed by atoms with Gasteiger partial charge in [0.25, 0.3) is 0 Å². The predicted molar refractivity (Wildman–Crippen MR) is 77.7 cm³/mol. The first kappa shape index (κ1) is 13.0. The molecule has 1 saturated carbocycles. The van der Waals surface area contributed by atoms with Crippen LogP contribution < -0.4 is 0 Å². The molecule has 0 bridgehead atoms. The van der Waals surface area contributed by atoms with Gasteiger partial charge in [0.05, 0.1) is 11.0 Å². The van der Waals surface area contributed by atoms with Crippen LogP contribution in [0.2, 0.25) is 0 Å². The maximum atomic E-state index is 10.8. The van der Waals surface area contributed by atoms with Crippen LogP contribution in [0.1, 0.15) is 53.8 Å². The predicted octanol–water partition coefficient (Wildman–Crippen LogP) is 3.54. The highest BCUT2D eigenvalue weighted by atomic mass is 16.1. The highest BCUT2D eigenvalue weighted by Gasteiger charge is 2.38. The molecule has 3 nitrogen and oxygen atoms in total. The van der Waals surface area contributed by atoms with Crippen molar-refractivity contribution < 1.29 is 4.79 Å². The molecule has 3 rings (SSSR count). The summed E-state index contributed by atoms with van der Waals surface area (Å²) in [5, 5.41) is 0. The van der Waals surface area contributed by atoms with E-state index in [1.165, 1.54) is 24.8 Å². The van der Waals surface area contributed by atoms with Crippen molar-refractivity contribution in [2.75, 3.05) is 0 Å². The molecule has 102 valence electrons. The zero-order chi connectivity index (χ0) is 13.8. The quantitative estimate of drug-likeness (QED) is 0.798. The Morgan fingerprint density at radius 1 is 0.950 bits per heavy atom. The molecular formula is C17H18N2O. The number of aromatic nitrogens is 2. The number of carbonyl (C=O) groups is 1. The summed E-state index contributed by atoms with van der Waals surface area (Å²) in [7, 11) is 0. The van der Waals surface area contributed by atoms with E-state index in [0.717, 1.165) is 25.0 Å². The topological polar surface area (TPSA) is 42.9 Å². The molecular weight excluding hydrogens is 248 g/mol. The van der Waals surface area contributed by atoms with Gasteiger partial charge in [-0.15, -0.1) is 0 Å². The molecule has 3 heteroatoms. The summed E-state index contributed by atoms with van der Waals surface area (Å²) in [6.45, 7) is 0. The van der Waals surface area contributed by atoms with Crippen LogP contribution in [0.25, 0.3) is 0 Å². The summed E-state index contributed by atoms with van der Waals surface area (Å²) in [5.41, 5.74) is 1.74. The van der Waals surface area contributed by atoms with Crippen molar-refractivity contribution in [2.24, 2.45) is 0 Å². The van der Waals surface area contributed by atoms with Crippen molar-refractivity contribution in [1.82, 2.24) is 9.97 Å². The third-order valence-corrected chi connectivity index (χ3v) is 4.27. The zero-order valence-corrected chi connectivity index (χ0v) is 11.5. The largest absolute Gasteiger partial charge is 0.298 e. The molecule has 1 aromatic carbocycles. The van der Waals surface area contributed by atoms with E-state index in [0.29, 0.717) is 5.56 Å². The molecule has 1 aliphatic rings. The molecule has 0 unspecified atom stereocenters. The molecule has 0 spiro atoms. The van der Waals surface area contributed by atoms with Crippen LogP contribution in [0.3, 0.4) is 0 Å². The van der Waals surface area contributed by atoms with Gasteiger partial charge in [-0.05, 0) is 18.4 Å². The lowest BCUT2D eigenvalue weighted by molar-refractivity contribution is 0.112. The summed E-state index contributed by atoms with van der Waals surface area (Å²) in [6, 6.07) is 10.5. The fraction of sp³-hybridized carbons (Fsp3) is 0.353. The summed E-state index contributed by atoms with van der Waals surface area (Å²) >= 11 is 0. The average molecular weight is 266 g/mol. The first-order valence-electron chi connectivity index (χ1n) is 7.18.